The summed E-state index contributed by atoms with van der Waals surface area (Å²) in [6, 6.07) is 9.52. The Morgan fingerprint density at radius 1 is 1.11 bits per heavy atom. The van der Waals surface area contributed by atoms with E-state index in [4.69, 9.17) is 23.2 Å². The lowest BCUT2D eigenvalue weighted by Gasteiger charge is -2.12. The van der Waals surface area contributed by atoms with E-state index in [9.17, 15) is 4.79 Å². The fourth-order valence-corrected chi connectivity index (χ4v) is 3.88. The molecular formula is C19H18Cl2N4OS. The molecule has 0 aliphatic heterocycles. The molecule has 0 radical (unpaired) electrons. The van der Waals surface area contributed by atoms with Crippen molar-refractivity contribution in [2.75, 3.05) is 11.1 Å². The topological polar surface area (TPSA) is 59.8 Å². The highest BCUT2D eigenvalue weighted by Crippen LogP contribution is 2.28. The summed E-state index contributed by atoms with van der Waals surface area (Å²) in [5.74, 6) is 0.0208. The van der Waals surface area contributed by atoms with Crippen molar-refractivity contribution in [2.45, 2.75) is 25.9 Å². The second-order valence-electron chi connectivity index (χ2n) is 6.19. The van der Waals surface area contributed by atoms with Crippen LogP contribution < -0.4 is 5.32 Å². The third-order valence-corrected chi connectivity index (χ3v) is 5.63. The monoisotopic (exact) mass is 420 g/mol. The van der Waals surface area contributed by atoms with Gasteiger partial charge in [-0.05, 0) is 55.7 Å². The summed E-state index contributed by atoms with van der Waals surface area (Å²) in [5, 5.41) is 12.7. The number of benzene rings is 2. The van der Waals surface area contributed by atoms with Crippen molar-refractivity contribution in [3.05, 3.63) is 63.4 Å². The first-order valence-corrected chi connectivity index (χ1v) is 9.95. The maximum Gasteiger partial charge on any atom is 0.234 e. The van der Waals surface area contributed by atoms with Crippen LogP contribution in [0, 0.1) is 20.8 Å². The molecule has 1 N–H and O–H groups in total. The number of aromatic nitrogens is 3. The molecule has 3 rings (SSSR count). The van der Waals surface area contributed by atoms with E-state index in [1.54, 1.807) is 10.9 Å². The molecule has 0 fully saturated rings. The third kappa shape index (κ3) is 4.64. The van der Waals surface area contributed by atoms with Crippen molar-refractivity contribution in [1.82, 2.24) is 14.8 Å². The van der Waals surface area contributed by atoms with E-state index in [0.29, 0.717) is 20.9 Å². The largest absolute Gasteiger partial charge is 0.324 e. The number of nitrogens with zero attached hydrogens (tertiary/aromatic N) is 3. The molecule has 2 aromatic carbocycles. The smallest absolute Gasteiger partial charge is 0.234 e. The number of aryl methyl sites for hydroxylation is 3. The maximum absolute atomic E-state index is 12.4. The number of hydrogen-bond donors (Lipinski definition) is 1. The molecule has 0 atom stereocenters. The molecule has 0 aliphatic rings. The van der Waals surface area contributed by atoms with Crippen molar-refractivity contribution in [1.29, 1.82) is 0 Å². The zero-order valence-corrected chi connectivity index (χ0v) is 17.4. The first kappa shape index (κ1) is 19.7. The molecule has 0 saturated carbocycles. The fraction of sp³-hybridized carbons (Fsp3) is 0.211. The number of anilines is 1. The Morgan fingerprint density at radius 3 is 2.59 bits per heavy atom. The van der Waals surface area contributed by atoms with Gasteiger partial charge in [-0.3, -0.25) is 9.36 Å². The number of halogens is 2. The van der Waals surface area contributed by atoms with Crippen LogP contribution in [-0.2, 0) is 4.79 Å². The van der Waals surface area contributed by atoms with E-state index in [1.807, 2.05) is 51.1 Å². The van der Waals surface area contributed by atoms with Crippen LogP contribution in [0.1, 0.15) is 16.7 Å². The Kier molecular flexibility index (Phi) is 6.09. The van der Waals surface area contributed by atoms with Crippen LogP contribution >= 0.6 is 35.0 Å². The van der Waals surface area contributed by atoms with E-state index in [2.05, 4.69) is 15.5 Å². The molecule has 1 amide bonds. The summed E-state index contributed by atoms with van der Waals surface area (Å²) < 4.78 is 1.80. The highest BCUT2D eigenvalue weighted by molar-refractivity contribution is 7.99. The number of carbonyl (C=O) groups is 1. The van der Waals surface area contributed by atoms with Gasteiger partial charge in [0.2, 0.25) is 5.91 Å². The van der Waals surface area contributed by atoms with Gasteiger partial charge in [-0.2, -0.15) is 0 Å². The van der Waals surface area contributed by atoms with Crippen LogP contribution in [0.15, 0.2) is 41.8 Å². The molecular weight excluding hydrogens is 403 g/mol. The van der Waals surface area contributed by atoms with Crippen molar-refractivity contribution in [3.63, 3.8) is 0 Å². The number of thioether (sulfide) groups is 1. The SMILES string of the molecule is Cc1cc(C)c(NC(=O)CSc2nncn2-c2ccc(C)c(Cl)c2)c(Cl)c1. The average Bonchev–Trinajstić information content (AvgIpc) is 3.07. The average molecular weight is 421 g/mol. The zero-order valence-electron chi connectivity index (χ0n) is 15.1. The summed E-state index contributed by atoms with van der Waals surface area (Å²) in [6.07, 6.45) is 1.60. The zero-order chi connectivity index (χ0) is 19.6. The normalized spacial score (nSPS) is 10.9. The summed E-state index contributed by atoms with van der Waals surface area (Å²) in [6.45, 7) is 5.82. The van der Waals surface area contributed by atoms with E-state index in [0.717, 1.165) is 22.4 Å². The molecule has 0 aliphatic carbocycles. The molecule has 5 nitrogen and oxygen atoms in total. The van der Waals surface area contributed by atoms with Crippen LogP contribution in [-0.4, -0.2) is 26.4 Å². The van der Waals surface area contributed by atoms with Crippen molar-refractivity contribution in [2.24, 2.45) is 0 Å². The molecule has 140 valence electrons. The molecule has 27 heavy (non-hydrogen) atoms. The first-order valence-electron chi connectivity index (χ1n) is 8.21. The molecule has 0 saturated heterocycles. The van der Waals surface area contributed by atoms with Crippen molar-refractivity contribution >= 4 is 46.6 Å². The van der Waals surface area contributed by atoms with Gasteiger partial charge >= 0.3 is 0 Å². The van der Waals surface area contributed by atoms with Crippen LogP contribution in [0.2, 0.25) is 10.0 Å². The Labute approximate surface area is 172 Å². The first-order chi connectivity index (χ1) is 12.8. The number of carbonyl (C=O) groups excluding carboxylic acids is 1. The molecule has 0 unspecified atom stereocenters. The van der Waals surface area contributed by atoms with Crippen molar-refractivity contribution in [3.8, 4) is 5.69 Å². The van der Waals surface area contributed by atoms with Gasteiger partial charge in [0.15, 0.2) is 5.16 Å². The van der Waals surface area contributed by atoms with E-state index >= 15 is 0 Å². The van der Waals surface area contributed by atoms with E-state index in [1.165, 1.54) is 11.8 Å². The lowest BCUT2D eigenvalue weighted by molar-refractivity contribution is -0.113. The number of amides is 1. The predicted octanol–water partition coefficient (Wildman–Crippen LogP) is 5.23. The van der Waals surface area contributed by atoms with Crippen LogP contribution in [0.25, 0.3) is 5.69 Å². The Bertz CT molecular complexity index is 980. The Morgan fingerprint density at radius 2 is 1.89 bits per heavy atom. The molecule has 0 bridgehead atoms. The van der Waals surface area contributed by atoms with Gasteiger partial charge < -0.3 is 5.32 Å². The summed E-state index contributed by atoms with van der Waals surface area (Å²) >= 11 is 13.7. The standard InChI is InChI=1S/C19H18Cl2N4OS/c1-11-6-13(3)18(16(21)7-11)23-17(26)9-27-19-24-22-10-25(19)14-5-4-12(2)15(20)8-14/h4-8,10H,9H2,1-3H3,(H,23,26). The van der Waals surface area contributed by atoms with Gasteiger partial charge in [-0.1, -0.05) is 47.1 Å². The third-order valence-electron chi connectivity index (χ3n) is 3.98. The van der Waals surface area contributed by atoms with E-state index < -0.39 is 0 Å². The van der Waals surface area contributed by atoms with Gasteiger partial charge in [0.1, 0.15) is 6.33 Å². The number of rotatable bonds is 5. The van der Waals surface area contributed by atoms with E-state index in [-0.39, 0.29) is 11.7 Å². The quantitative estimate of drug-likeness (QED) is 0.573. The van der Waals surface area contributed by atoms with Crippen LogP contribution in [0.3, 0.4) is 0 Å². The van der Waals surface area contributed by atoms with Gasteiger partial charge in [-0.25, -0.2) is 0 Å². The maximum atomic E-state index is 12.4. The highest BCUT2D eigenvalue weighted by atomic mass is 35.5. The Hall–Kier alpha value is -2.02. The second-order valence-corrected chi connectivity index (χ2v) is 7.95. The van der Waals surface area contributed by atoms with Gasteiger partial charge in [0, 0.05) is 5.02 Å². The second kappa shape index (κ2) is 8.33. The summed E-state index contributed by atoms with van der Waals surface area (Å²) in [7, 11) is 0. The molecule has 1 aromatic heterocycles. The number of nitrogens with one attached hydrogen (secondary N) is 1. The molecule has 8 heteroatoms. The van der Waals surface area contributed by atoms with Crippen LogP contribution in [0.5, 0.6) is 0 Å². The van der Waals surface area contributed by atoms with Crippen molar-refractivity contribution < 1.29 is 4.79 Å². The minimum absolute atomic E-state index is 0.162. The lowest BCUT2D eigenvalue weighted by Crippen LogP contribution is -2.15. The van der Waals surface area contributed by atoms with Crippen LogP contribution in [0.4, 0.5) is 5.69 Å². The number of hydrogen-bond acceptors (Lipinski definition) is 4. The summed E-state index contributed by atoms with van der Waals surface area (Å²) in [5.41, 5.74) is 4.45. The minimum Gasteiger partial charge on any atom is -0.324 e. The summed E-state index contributed by atoms with van der Waals surface area (Å²) in [4.78, 5) is 12.4. The highest BCUT2D eigenvalue weighted by Gasteiger charge is 2.13. The predicted molar refractivity (Wildman–Crippen MR) is 111 cm³/mol. The van der Waals surface area contributed by atoms with Gasteiger partial charge in [0.25, 0.3) is 0 Å². The minimum atomic E-state index is -0.162. The lowest BCUT2D eigenvalue weighted by atomic mass is 10.1. The van der Waals surface area contributed by atoms with Gasteiger partial charge in [-0.15, -0.1) is 10.2 Å². The Balaban J connectivity index is 1.70. The fourth-order valence-electron chi connectivity index (χ4n) is 2.61. The molecule has 3 aromatic rings. The van der Waals surface area contributed by atoms with Gasteiger partial charge in [0.05, 0.1) is 22.2 Å². The molecule has 0 spiro atoms. The molecule has 1 heterocycles.